The number of benzene rings is 1. The van der Waals surface area contributed by atoms with Gasteiger partial charge in [-0.1, -0.05) is 18.2 Å². The van der Waals surface area contributed by atoms with E-state index < -0.39 is 0 Å². The number of nitrogens with zero attached hydrogens (tertiary/aromatic N) is 2. The standard InChI is InChI=1S/C20H33FN4O/c1-4-22-20(24-12-10-18-8-5-6-9-19(18)21)23-11-7-13-25-14-16(2)26-17(3)15-25/h5-6,8-9,16-17H,4,7,10-15H2,1-3H3,(H2,22,23,24). The molecule has 0 bridgehead atoms. The van der Waals surface area contributed by atoms with Crippen LogP contribution in [0.2, 0.25) is 0 Å². The Bertz CT molecular complexity index is 556. The number of ether oxygens (including phenoxy) is 1. The first-order valence-corrected chi connectivity index (χ1v) is 9.72. The number of nitrogens with one attached hydrogen (secondary N) is 2. The highest BCUT2D eigenvalue weighted by molar-refractivity contribution is 5.79. The fraction of sp³-hybridized carbons (Fsp3) is 0.650. The summed E-state index contributed by atoms with van der Waals surface area (Å²) in [7, 11) is 0. The third-order valence-electron chi connectivity index (χ3n) is 4.39. The molecule has 1 aromatic rings. The average molecular weight is 365 g/mol. The summed E-state index contributed by atoms with van der Waals surface area (Å²) in [6.45, 7) is 11.6. The van der Waals surface area contributed by atoms with Gasteiger partial charge in [-0.2, -0.15) is 0 Å². The summed E-state index contributed by atoms with van der Waals surface area (Å²) in [4.78, 5) is 7.08. The molecule has 2 unspecified atom stereocenters. The smallest absolute Gasteiger partial charge is 0.191 e. The Morgan fingerprint density at radius 2 is 1.96 bits per heavy atom. The Morgan fingerprint density at radius 3 is 2.65 bits per heavy atom. The maximum atomic E-state index is 13.7. The molecular weight excluding hydrogens is 331 g/mol. The molecule has 2 atom stereocenters. The monoisotopic (exact) mass is 364 g/mol. The minimum atomic E-state index is -0.148. The predicted octanol–water partition coefficient (Wildman–Crippen LogP) is 2.42. The summed E-state index contributed by atoms with van der Waals surface area (Å²) >= 11 is 0. The molecule has 1 aromatic carbocycles. The van der Waals surface area contributed by atoms with Gasteiger partial charge in [-0.25, -0.2) is 4.39 Å². The van der Waals surface area contributed by atoms with Crippen molar-refractivity contribution in [3.63, 3.8) is 0 Å². The number of aliphatic imine (C=N–C) groups is 1. The third kappa shape index (κ3) is 7.30. The van der Waals surface area contributed by atoms with Crippen molar-refractivity contribution in [1.29, 1.82) is 0 Å². The van der Waals surface area contributed by atoms with E-state index in [0.29, 0.717) is 25.2 Å². The van der Waals surface area contributed by atoms with Crippen LogP contribution in [0, 0.1) is 5.82 Å². The first kappa shape index (κ1) is 20.6. The molecule has 1 fully saturated rings. The van der Waals surface area contributed by atoms with E-state index in [1.807, 2.05) is 19.1 Å². The zero-order chi connectivity index (χ0) is 18.8. The second-order valence-corrected chi connectivity index (χ2v) is 6.90. The summed E-state index contributed by atoms with van der Waals surface area (Å²) in [5.41, 5.74) is 0.728. The van der Waals surface area contributed by atoms with Crippen molar-refractivity contribution in [1.82, 2.24) is 15.5 Å². The van der Waals surface area contributed by atoms with E-state index in [1.165, 1.54) is 6.07 Å². The molecule has 0 aliphatic carbocycles. The van der Waals surface area contributed by atoms with Crippen LogP contribution >= 0.6 is 0 Å². The molecular formula is C20H33FN4O. The summed E-state index contributed by atoms with van der Waals surface area (Å²) in [6.07, 6.45) is 2.27. The van der Waals surface area contributed by atoms with Crippen molar-refractivity contribution >= 4 is 5.96 Å². The molecule has 1 aliphatic rings. The fourth-order valence-corrected chi connectivity index (χ4v) is 3.31. The van der Waals surface area contributed by atoms with Gasteiger partial charge >= 0.3 is 0 Å². The van der Waals surface area contributed by atoms with Crippen molar-refractivity contribution in [2.45, 2.75) is 45.8 Å². The van der Waals surface area contributed by atoms with Gasteiger partial charge in [0.05, 0.1) is 12.2 Å². The zero-order valence-electron chi connectivity index (χ0n) is 16.3. The maximum absolute atomic E-state index is 13.7. The van der Waals surface area contributed by atoms with Crippen LogP contribution in [-0.2, 0) is 11.2 Å². The normalized spacial score (nSPS) is 21.6. The van der Waals surface area contributed by atoms with Gasteiger partial charge in [-0.05, 0) is 45.2 Å². The quantitative estimate of drug-likeness (QED) is 0.423. The maximum Gasteiger partial charge on any atom is 0.191 e. The molecule has 6 heteroatoms. The molecule has 26 heavy (non-hydrogen) atoms. The molecule has 0 amide bonds. The lowest BCUT2D eigenvalue weighted by atomic mass is 10.1. The van der Waals surface area contributed by atoms with Crippen LogP contribution in [0.5, 0.6) is 0 Å². The molecule has 0 spiro atoms. The van der Waals surface area contributed by atoms with Gasteiger partial charge in [0.15, 0.2) is 5.96 Å². The van der Waals surface area contributed by atoms with Crippen LogP contribution in [-0.4, -0.2) is 62.3 Å². The minimum Gasteiger partial charge on any atom is -0.373 e. The summed E-state index contributed by atoms with van der Waals surface area (Å²) < 4.78 is 19.4. The van der Waals surface area contributed by atoms with Gasteiger partial charge in [0.2, 0.25) is 0 Å². The molecule has 1 saturated heterocycles. The zero-order valence-corrected chi connectivity index (χ0v) is 16.3. The van der Waals surface area contributed by atoms with Crippen LogP contribution in [0.4, 0.5) is 4.39 Å². The Labute approximate surface area is 157 Å². The topological polar surface area (TPSA) is 48.9 Å². The van der Waals surface area contributed by atoms with Gasteiger partial charge in [-0.3, -0.25) is 9.89 Å². The van der Waals surface area contributed by atoms with Crippen LogP contribution in [0.15, 0.2) is 29.3 Å². The van der Waals surface area contributed by atoms with Gasteiger partial charge in [0, 0.05) is 39.3 Å². The van der Waals surface area contributed by atoms with Crippen LogP contribution in [0.1, 0.15) is 32.8 Å². The summed E-state index contributed by atoms with van der Waals surface area (Å²) in [5, 5.41) is 6.54. The second kappa shape index (κ2) is 11.1. The van der Waals surface area contributed by atoms with Crippen molar-refractivity contribution in [2.75, 3.05) is 39.3 Å². The molecule has 1 heterocycles. The van der Waals surface area contributed by atoms with E-state index in [9.17, 15) is 4.39 Å². The number of morpholine rings is 1. The van der Waals surface area contributed by atoms with E-state index in [0.717, 1.165) is 50.7 Å². The SMILES string of the molecule is CCNC(=NCCCN1CC(C)OC(C)C1)NCCc1ccccc1F. The second-order valence-electron chi connectivity index (χ2n) is 6.90. The highest BCUT2D eigenvalue weighted by Gasteiger charge is 2.21. The highest BCUT2D eigenvalue weighted by atomic mass is 19.1. The number of halogens is 1. The van der Waals surface area contributed by atoms with Gasteiger partial charge < -0.3 is 15.4 Å². The molecule has 2 N–H and O–H groups in total. The number of rotatable bonds is 8. The first-order chi connectivity index (χ1) is 12.6. The third-order valence-corrected chi connectivity index (χ3v) is 4.39. The van der Waals surface area contributed by atoms with Crippen molar-refractivity contribution in [2.24, 2.45) is 4.99 Å². The molecule has 2 rings (SSSR count). The Hall–Kier alpha value is -1.66. The molecule has 146 valence electrons. The molecule has 5 nitrogen and oxygen atoms in total. The predicted molar refractivity (Wildman–Crippen MR) is 105 cm³/mol. The lowest BCUT2D eigenvalue weighted by Crippen LogP contribution is -2.45. The Balaban J connectivity index is 1.71. The van der Waals surface area contributed by atoms with Gasteiger partial charge in [0.25, 0.3) is 0 Å². The molecule has 0 radical (unpaired) electrons. The Kier molecular flexibility index (Phi) is 8.85. The van der Waals surface area contributed by atoms with Crippen molar-refractivity contribution < 1.29 is 9.13 Å². The largest absolute Gasteiger partial charge is 0.373 e. The Morgan fingerprint density at radius 1 is 1.23 bits per heavy atom. The molecule has 1 aliphatic heterocycles. The van der Waals surface area contributed by atoms with Gasteiger partial charge in [-0.15, -0.1) is 0 Å². The van der Waals surface area contributed by atoms with Crippen LogP contribution in [0.3, 0.4) is 0 Å². The van der Waals surface area contributed by atoms with Crippen molar-refractivity contribution in [3.8, 4) is 0 Å². The number of guanidine groups is 1. The first-order valence-electron chi connectivity index (χ1n) is 9.72. The summed E-state index contributed by atoms with van der Waals surface area (Å²) in [6, 6.07) is 6.91. The molecule has 0 aromatic heterocycles. The van der Waals surface area contributed by atoms with E-state index in [1.54, 1.807) is 6.07 Å². The lowest BCUT2D eigenvalue weighted by Gasteiger charge is -2.35. The van der Waals surface area contributed by atoms with E-state index >= 15 is 0 Å². The van der Waals surface area contributed by atoms with Crippen LogP contribution in [0.25, 0.3) is 0 Å². The molecule has 0 saturated carbocycles. The van der Waals surface area contributed by atoms with E-state index in [2.05, 4.69) is 34.4 Å². The van der Waals surface area contributed by atoms with E-state index in [-0.39, 0.29) is 5.82 Å². The lowest BCUT2D eigenvalue weighted by molar-refractivity contribution is -0.0679. The van der Waals surface area contributed by atoms with E-state index in [4.69, 9.17) is 4.74 Å². The minimum absolute atomic E-state index is 0.148. The summed E-state index contributed by atoms with van der Waals surface area (Å²) in [5.74, 6) is 0.651. The highest BCUT2D eigenvalue weighted by Crippen LogP contribution is 2.10. The van der Waals surface area contributed by atoms with Crippen molar-refractivity contribution in [3.05, 3.63) is 35.6 Å². The number of hydrogen-bond acceptors (Lipinski definition) is 3. The average Bonchev–Trinajstić information content (AvgIpc) is 2.59. The fourth-order valence-electron chi connectivity index (χ4n) is 3.31. The van der Waals surface area contributed by atoms with Crippen LogP contribution < -0.4 is 10.6 Å². The van der Waals surface area contributed by atoms with Gasteiger partial charge in [0.1, 0.15) is 5.82 Å². The number of hydrogen-bond donors (Lipinski definition) is 2.